The summed E-state index contributed by atoms with van der Waals surface area (Å²) >= 11 is 0. The van der Waals surface area contributed by atoms with Crippen LogP contribution in [0.5, 0.6) is 0 Å². The van der Waals surface area contributed by atoms with E-state index < -0.39 is 6.10 Å². The van der Waals surface area contributed by atoms with Gasteiger partial charge >= 0.3 is 17.9 Å². The van der Waals surface area contributed by atoms with Crippen LogP contribution in [0.1, 0.15) is 406 Å². The van der Waals surface area contributed by atoms with Crippen LogP contribution in [0.25, 0.3) is 0 Å². The molecule has 1 atom stereocenters. The van der Waals surface area contributed by atoms with E-state index in [1.165, 1.54) is 283 Å². The Morgan fingerprint density at radius 2 is 0.444 bits per heavy atom. The topological polar surface area (TPSA) is 78.9 Å². The van der Waals surface area contributed by atoms with Crippen molar-refractivity contribution in [3.63, 3.8) is 0 Å². The van der Waals surface area contributed by atoms with Crippen LogP contribution in [0, 0.1) is 0 Å². The summed E-state index contributed by atoms with van der Waals surface area (Å²) in [5.74, 6) is -0.872. The molecule has 0 radical (unpaired) electrons. The van der Waals surface area contributed by atoms with Crippen LogP contribution in [-0.4, -0.2) is 37.2 Å². The van der Waals surface area contributed by atoms with Crippen molar-refractivity contribution >= 4 is 17.9 Å². The van der Waals surface area contributed by atoms with Crippen LogP contribution in [0.2, 0.25) is 0 Å². The second-order valence-corrected chi connectivity index (χ2v) is 24.9. The van der Waals surface area contributed by atoms with E-state index >= 15 is 0 Å². The van der Waals surface area contributed by atoms with E-state index in [0.29, 0.717) is 19.3 Å². The van der Waals surface area contributed by atoms with E-state index in [4.69, 9.17) is 14.2 Å². The van der Waals surface area contributed by atoms with Gasteiger partial charge in [-0.05, 0) is 77.0 Å². The average molecular weight is 1140 g/mol. The van der Waals surface area contributed by atoms with E-state index in [1.54, 1.807) is 0 Å². The number of hydrogen-bond acceptors (Lipinski definition) is 6. The van der Waals surface area contributed by atoms with E-state index in [2.05, 4.69) is 57.2 Å². The number of allylic oxidation sites excluding steroid dienone is 6. The molecule has 0 aromatic heterocycles. The molecule has 0 heterocycles. The molecule has 0 bridgehead atoms. The molecule has 0 saturated heterocycles. The Labute approximate surface area is 506 Å². The maximum absolute atomic E-state index is 12.9. The minimum atomic E-state index is -0.781. The zero-order valence-electron chi connectivity index (χ0n) is 54.8. The van der Waals surface area contributed by atoms with Gasteiger partial charge in [0.25, 0.3) is 0 Å². The van der Waals surface area contributed by atoms with Crippen LogP contribution in [0.15, 0.2) is 36.5 Å². The summed E-state index contributed by atoms with van der Waals surface area (Å²) < 4.78 is 17.0. The fraction of sp³-hybridized carbons (Fsp3) is 0.880. The molecule has 0 aliphatic heterocycles. The third kappa shape index (κ3) is 68.3. The molecule has 0 spiro atoms. The number of ether oxygens (including phenoxy) is 3. The van der Waals surface area contributed by atoms with Crippen molar-refractivity contribution in [3.05, 3.63) is 36.5 Å². The first-order valence-electron chi connectivity index (χ1n) is 36.5. The smallest absolute Gasteiger partial charge is 0.306 e. The quantitative estimate of drug-likeness (QED) is 0.0261. The Balaban J connectivity index is 4.14. The van der Waals surface area contributed by atoms with Crippen LogP contribution in [0.3, 0.4) is 0 Å². The molecule has 476 valence electrons. The van der Waals surface area contributed by atoms with Crippen LogP contribution in [0.4, 0.5) is 0 Å². The van der Waals surface area contributed by atoms with Crippen molar-refractivity contribution in [1.29, 1.82) is 0 Å². The second kappa shape index (κ2) is 70.1. The lowest BCUT2D eigenvalue weighted by molar-refractivity contribution is -0.167. The van der Waals surface area contributed by atoms with Crippen LogP contribution < -0.4 is 0 Å². The second-order valence-electron chi connectivity index (χ2n) is 24.9. The third-order valence-corrected chi connectivity index (χ3v) is 16.6. The molecule has 0 aliphatic rings. The zero-order chi connectivity index (χ0) is 58.5. The van der Waals surface area contributed by atoms with Gasteiger partial charge in [0.1, 0.15) is 13.2 Å². The Kier molecular flexibility index (Phi) is 68.1. The van der Waals surface area contributed by atoms with Gasteiger partial charge in [0.2, 0.25) is 0 Å². The standard InChI is InChI=1S/C75H140O6/c1-4-7-10-13-16-19-22-25-28-30-31-32-33-34-35-36-37-38-39-40-41-42-43-44-45-48-50-53-56-59-62-65-68-74(77)80-71-72(70-79-73(76)67-64-61-58-55-52-49-46-27-24-21-18-15-12-9-6-3)81-75(78)69-66-63-60-57-54-51-47-29-26-23-20-17-14-11-8-5-2/h18,21,27,29,46-47,72H,4-17,19-20,22-26,28,30-45,48-71H2,1-3H3/b21-18-,46-27-,47-29-. The number of rotatable bonds is 68. The molecular weight excluding hydrogens is 997 g/mol. The number of hydrogen-bond donors (Lipinski definition) is 0. The molecule has 0 fully saturated rings. The highest BCUT2D eigenvalue weighted by Gasteiger charge is 2.19. The van der Waals surface area contributed by atoms with Crippen molar-refractivity contribution in [3.8, 4) is 0 Å². The van der Waals surface area contributed by atoms with Gasteiger partial charge in [0, 0.05) is 19.3 Å². The van der Waals surface area contributed by atoms with Gasteiger partial charge < -0.3 is 14.2 Å². The van der Waals surface area contributed by atoms with Gasteiger partial charge in [-0.3, -0.25) is 14.4 Å². The van der Waals surface area contributed by atoms with Gasteiger partial charge in [-0.1, -0.05) is 346 Å². The van der Waals surface area contributed by atoms with E-state index in [-0.39, 0.29) is 31.1 Å². The number of carbonyl (C=O) groups is 3. The summed E-state index contributed by atoms with van der Waals surface area (Å²) in [7, 11) is 0. The molecule has 6 nitrogen and oxygen atoms in total. The highest BCUT2D eigenvalue weighted by Crippen LogP contribution is 2.19. The molecule has 0 aromatic carbocycles. The predicted molar refractivity (Wildman–Crippen MR) is 353 cm³/mol. The molecule has 0 aromatic rings. The molecule has 0 N–H and O–H groups in total. The van der Waals surface area contributed by atoms with E-state index in [0.717, 1.165) is 83.5 Å². The monoisotopic (exact) mass is 1140 g/mol. The fourth-order valence-electron chi connectivity index (χ4n) is 11.1. The van der Waals surface area contributed by atoms with Gasteiger partial charge in [-0.25, -0.2) is 0 Å². The summed E-state index contributed by atoms with van der Waals surface area (Å²) in [4.78, 5) is 38.4. The summed E-state index contributed by atoms with van der Waals surface area (Å²) in [6.07, 6.45) is 87.7. The first kappa shape index (κ1) is 78.6. The van der Waals surface area contributed by atoms with Gasteiger partial charge in [0.15, 0.2) is 6.10 Å². The van der Waals surface area contributed by atoms with Crippen molar-refractivity contribution in [2.24, 2.45) is 0 Å². The average Bonchev–Trinajstić information content (AvgIpc) is 3.47. The summed E-state index contributed by atoms with van der Waals surface area (Å²) in [6, 6.07) is 0. The first-order chi connectivity index (χ1) is 40.0. The molecule has 1 unspecified atom stereocenters. The Morgan fingerprint density at radius 3 is 0.716 bits per heavy atom. The predicted octanol–water partition coefficient (Wildman–Crippen LogP) is 25.1. The minimum absolute atomic E-state index is 0.0757. The highest BCUT2D eigenvalue weighted by molar-refractivity contribution is 5.71. The van der Waals surface area contributed by atoms with Crippen LogP contribution in [-0.2, 0) is 28.6 Å². The lowest BCUT2D eigenvalue weighted by Gasteiger charge is -2.18. The Bertz CT molecular complexity index is 1350. The fourth-order valence-corrected chi connectivity index (χ4v) is 11.1. The number of carbonyl (C=O) groups excluding carboxylic acids is 3. The van der Waals surface area contributed by atoms with E-state index in [9.17, 15) is 14.4 Å². The molecule has 0 amide bonds. The SMILES string of the molecule is CCCCC/C=C\C/C=C\CCCCCCCC(=O)OCC(COC(=O)CCCCCCCCCCCCCCCCCCCCCCCCCCCCCCCCCC)OC(=O)CCCCCCC/C=C\CCCCCCCCC. The van der Waals surface area contributed by atoms with Crippen molar-refractivity contribution in [2.45, 2.75) is 412 Å². The zero-order valence-corrected chi connectivity index (χ0v) is 54.8. The molecule has 0 saturated carbocycles. The van der Waals surface area contributed by atoms with Crippen molar-refractivity contribution < 1.29 is 28.6 Å². The third-order valence-electron chi connectivity index (χ3n) is 16.6. The van der Waals surface area contributed by atoms with Gasteiger partial charge in [-0.15, -0.1) is 0 Å². The first-order valence-corrected chi connectivity index (χ1v) is 36.5. The maximum Gasteiger partial charge on any atom is 0.306 e. The van der Waals surface area contributed by atoms with E-state index in [1.807, 2.05) is 0 Å². The summed E-state index contributed by atoms with van der Waals surface area (Å²) in [5, 5.41) is 0. The minimum Gasteiger partial charge on any atom is -0.462 e. The van der Waals surface area contributed by atoms with Crippen LogP contribution >= 0.6 is 0 Å². The van der Waals surface area contributed by atoms with Crippen molar-refractivity contribution in [2.75, 3.05) is 13.2 Å². The lowest BCUT2D eigenvalue weighted by Crippen LogP contribution is -2.30. The lowest BCUT2D eigenvalue weighted by atomic mass is 10.0. The van der Waals surface area contributed by atoms with Gasteiger partial charge in [0.05, 0.1) is 0 Å². The normalized spacial score (nSPS) is 12.2. The Hall–Kier alpha value is -2.37. The molecule has 81 heavy (non-hydrogen) atoms. The highest BCUT2D eigenvalue weighted by atomic mass is 16.6. The Morgan fingerprint density at radius 1 is 0.247 bits per heavy atom. The molecule has 0 aliphatic carbocycles. The maximum atomic E-state index is 12.9. The summed E-state index contributed by atoms with van der Waals surface area (Å²) in [6.45, 7) is 6.66. The molecule has 0 rings (SSSR count). The number of unbranched alkanes of at least 4 members (excludes halogenated alkanes) is 51. The molecular formula is C75H140O6. The summed E-state index contributed by atoms with van der Waals surface area (Å²) in [5.41, 5.74) is 0. The molecule has 6 heteroatoms. The van der Waals surface area contributed by atoms with Gasteiger partial charge in [-0.2, -0.15) is 0 Å². The van der Waals surface area contributed by atoms with Crippen molar-refractivity contribution in [1.82, 2.24) is 0 Å². The largest absolute Gasteiger partial charge is 0.462 e. The number of esters is 3.